The third kappa shape index (κ3) is 12.3. The zero-order valence-corrected chi connectivity index (χ0v) is 52.7. The van der Waals surface area contributed by atoms with Gasteiger partial charge in [0.2, 0.25) is 0 Å². The normalized spacial score (nSPS) is 11.1. The van der Waals surface area contributed by atoms with Crippen LogP contribution in [-0.2, 0) is 0 Å². The number of hydrogen-bond donors (Lipinski definition) is 0. The molecule has 0 aliphatic rings. The van der Waals surface area contributed by atoms with E-state index in [0.29, 0.717) is 0 Å². The van der Waals surface area contributed by atoms with Gasteiger partial charge >= 0.3 is 0 Å². The van der Waals surface area contributed by atoms with E-state index in [0.717, 1.165) is 101 Å². The van der Waals surface area contributed by atoms with Crippen LogP contribution in [0.4, 0.5) is 34.1 Å². The number of anilines is 6. The molecule has 0 saturated carbocycles. The number of benzene rings is 15. The van der Waals surface area contributed by atoms with Gasteiger partial charge in [0, 0.05) is 45.3 Å². The van der Waals surface area contributed by atoms with Gasteiger partial charge in [0.25, 0.3) is 0 Å². The summed E-state index contributed by atoms with van der Waals surface area (Å²) in [6, 6.07) is 139. The van der Waals surface area contributed by atoms with Crippen LogP contribution in [-0.4, -0.2) is 9.97 Å². The van der Waals surface area contributed by atoms with Gasteiger partial charge in [-0.25, -0.2) is 9.97 Å². The molecule has 0 saturated heterocycles. The summed E-state index contributed by atoms with van der Waals surface area (Å²) in [7, 11) is 0. The Labute approximate surface area is 561 Å². The average Bonchev–Trinajstić information content (AvgIpc) is 0.948. The van der Waals surface area contributed by atoms with Crippen LogP contribution in [0.2, 0.25) is 0 Å². The van der Waals surface area contributed by atoms with Gasteiger partial charge in [-0.3, -0.25) is 0 Å². The summed E-state index contributed by atoms with van der Waals surface area (Å²) in [6.45, 7) is 0. The molecule has 0 radical (unpaired) electrons. The number of para-hydroxylation sites is 2. The van der Waals surface area contributed by atoms with Crippen LogP contribution in [0.5, 0.6) is 0 Å². The maximum atomic E-state index is 5.41. The van der Waals surface area contributed by atoms with E-state index in [1.54, 1.807) is 0 Å². The van der Waals surface area contributed by atoms with E-state index in [4.69, 9.17) is 9.97 Å². The minimum Gasteiger partial charge on any atom is -0.311 e. The molecule has 0 amide bonds. The summed E-state index contributed by atoms with van der Waals surface area (Å²) in [6.07, 6.45) is 0. The van der Waals surface area contributed by atoms with E-state index in [2.05, 4.69) is 374 Å². The molecule has 452 valence electrons. The van der Waals surface area contributed by atoms with Crippen LogP contribution in [0.15, 0.2) is 388 Å². The number of fused-ring (bicyclic) bond motifs is 1. The van der Waals surface area contributed by atoms with Gasteiger partial charge in [0.1, 0.15) is 0 Å². The Morgan fingerprint density at radius 1 is 0.135 bits per heavy atom. The number of hydrogen-bond acceptors (Lipinski definition) is 4. The maximum absolute atomic E-state index is 5.41. The molecule has 0 spiro atoms. The summed E-state index contributed by atoms with van der Waals surface area (Å²) in [5.41, 5.74) is 30.2. The summed E-state index contributed by atoms with van der Waals surface area (Å²) in [5.74, 6) is 0. The topological polar surface area (TPSA) is 32.3 Å². The average molecular weight is 1230 g/mol. The van der Waals surface area contributed by atoms with Crippen molar-refractivity contribution >= 4 is 45.2 Å². The summed E-state index contributed by atoms with van der Waals surface area (Å²) in [5, 5.41) is 0. The second-order valence-corrected chi connectivity index (χ2v) is 24.1. The van der Waals surface area contributed by atoms with Crippen molar-refractivity contribution in [2.45, 2.75) is 0 Å². The minimum atomic E-state index is 0.806. The smallest absolute Gasteiger partial charge is 0.0973 e. The molecular formula is C92H64N4. The molecule has 15 aromatic carbocycles. The highest BCUT2D eigenvalue weighted by Crippen LogP contribution is 2.43. The van der Waals surface area contributed by atoms with Crippen molar-refractivity contribution < 1.29 is 0 Å². The Balaban J connectivity index is 0.736. The Kier molecular flexibility index (Phi) is 16.1. The monoisotopic (exact) mass is 1220 g/mol. The lowest BCUT2D eigenvalue weighted by Gasteiger charge is -2.26. The quantitative estimate of drug-likeness (QED) is 0.0965. The molecule has 4 heteroatoms. The van der Waals surface area contributed by atoms with Crippen LogP contribution in [0, 0.1) is 0 Å². The van der Waals surface area contributed by atoms with Crippen LogP contribution in [0.25, 0.3) is 123 Å². The van der Waals surface area contributed by atoms with Crippen molar-refractivity contribution in [1.29, 1.82) is 0 Å². The Hall–Kier alpha value is -12.8. The molecule has 1 heterocycles. The number of aromatic nitrogens is 2. The molecule has 0 fully saturated rings. The van der Waals surface area contributed by atoms with Gasteiger partial charge < -0.3 is 9.80 Å². The van der Waals surface area contributed by atoms with Crippen molar-refractivity contribution in [3.63, 3.8) is 0 Å². The number of nitrogens with zero attached hydrogens (tertiary/aromatic N) is 4. The second kappa shape index (κ2) is 26.5. The molecule has 0 N–H and O–H groups in total. The van der Waals surface area contributed by atoms with Crippen LogP contribution in [0.3, 0.4) is 0 Å². The van der Waals surface area contributed by atoms with Crippen molar-refractivity contribution in [2.75, 3.05) is 9.80 Å². The van der Waals surface area contributed by atoms with E-state index in [9.17, 15) is 0 Å². The molecule has 0 aliphatic carbocycles. The van der Waals surface area contributed by atoms with Crippen LogP contribution >= 0.6 is 0 Å². The fraction of sp³-hybridized carbons (Fsp3) is 0. The van der Waals surface area contributed by atoms with E-state index < -0.39 is 0 Å². The SMILES string of the molecule is c1ccc(-c2ccc(-c3ccc(N(c4ccc(-c5cccc(-c6ccccc6)c5)cc4)c4ccc(-c5nc6ccccc6nc5-c5ccc(N(c6ccc(-c7ccc(-c8ccccc8)cc7)cc6)c6ccc(-c7cccc(-c8ccccc8)c7)cc6)cc5)cc4)cc3)cc2)cc1. The van der Waals surface area contributed by atoms with E-state index >= 15 is 0 Å². The Morgan fingerprint density at radius 3 is 0.542 bits per heavy atom. The van der Waals surface area contributed by atoms with Gasteiger partial charge in [-0.15, -0.1) is 0 Å². The first-order valence-corrected chi connectivity index (χ1v) is 32.7. The largest absolute Gasteiger partial charge is 0.311 e. The predicted octanol–water partition coefficient (Wildman–Crippen LogP) is 25.2. The number of rotatable bonds is 16. The molecule has 1 aromatic heterocycles. The first-order chi connectivity index (χ1) is 47.5. The molecule has 16 aromatic rings. The standard InChI is InChI=1S/C92H64N4/c1-5-17-65(18-6-1)69-31-35-71(36-32-69)73-39-51-83(52-40-73)95(85-55-43-75(44-56-85)81-27-15-25-79(63-81)67-21-9-3-10-22-67)87-59-47-77(48-60-87)91-92(94-90-30-14-13-29-89(90)93-91)78-49-61-88(62-50-78)96(84-53-41-74(42-54-84)72-37-33-70(34-38-72)66-19-7-2-8-20-66)86-57-45-76(46-58-86)82-28-16-26-80(64-82)68-23-11-4-12-24-68/h1-64H. The Morgan fingerprint density at radius 2 is 0.302 bits per heavy atom. The molecule has 0 atom stereocenters. The third-order valence-electron chi connectivity index (χ3n) is 18.1. The zero-order chi connectivity index (χ0) is 64.0. The fourth-order valence-electron chi connectivity index (χ4n) is 13.0. The lowest BCUT2D eigenvalue weighted by Crippen LogP contribution is -2.10. The lowest BCUT2D eigenvalue weighted by atomic mass is 9.98. The van der Waals surface area contributed by atoms with E-state index in [-0.39, 0.29) is 0 Å². The first-order valence-electron chi connectivity index (χ1n) is 32.7. The van der Waals surface area contributed by atoms with Gasteiger partial charge in [-0.2, -0.15) is 0 Å². The van der Waals surface area contributed by atoms with E-state index in [1.807, 2.05) is 24.3 Å². The summed E-state index contributed by atoms with van der Waals surface area (Å²) >= 11 is 0. The van der Waals surface area contributed by atoms with Crippen molar-refractivity contribution in [3.8, 4) is 112 Å². The molecular weight excluding hydrogens is 1160 g/mol. The Bertz CT molecular complexity index is 4960. The highest BCUT2D eigenvalue weighted by molar-refractivity contribution is 5.90. The van der Waals surface area contributed by atoms with Crippen LogP contribution < -0.4 is 9.80 Å². The zero-order valence-electron chi connectivity index (χ0n) is 52.7. The first kappa shape index (κ1) is 58.3. The van der Waals surface area contributed by atoms with Crippen molar-refractivity contribution in [3.05, 3.63) is 388 Å². The third-order valence-corrected chi connectivity index (χ3v) is 18.1. The van der Waals surface area contributed by atoms with Gasteiger partial charge in [0.15, 0.2) is 0 Å². The molecule has 16 rings (SSSR count). The van der Waals surface area contributed by atoms with Gasteiger partial charge in [-0.05, 0) is 186 Å². The molecule has 0 bridgehead atoms. The molecule has 0 unspecified atom stereocenters. The van der Waals surface area contributed by atoms with Gasteiger partial charge in [0.05, 0.1) is 22.4 Å². The molecule has 0 aliphatic heterocycles. The van der Waals surface area contributed by atoms with E-state index in [1.165, 1.54) is 55.6 Å². The predicted molar refractivity (Wildman–Crippen MR) is 403 cm³/mol. The molecule has 96 heavy (non-hydrogen) atoms. The summed E-state index contributed by atoms with van der Waals surface area (Å²) < 4.78 is 0. The lowest BCUT2D eigenvalue weighted by molar-refractivity contribution is 1.26. The van der Waals surface area contributed by atoms with Crippen molar-refractivity contribution in [1.82, 2.24) is 9.97 Å². The highest BCUT2D eigenvalue weighted by atomic mass is 15.1. The van der Waals surface area contributed by atoms with Gasteiger partial charge in [-0.1, -0.05) is 291 Å². The van der Waals surface area contributed by atoms with Crippen LogP contribution in [0.1, 0.15) is 0 Å². The summed E-state index contributed by atoms with van der Waals surface area (Å²) in [4.78, 5) is 15.5. The fourth-order valence-corrected chi connectivity index (χ4v) is 13.0. The maximum Gasteiger partial charge on any atom is 0.0973 e. The van der Waals surface area contributed by atoms with Crippen molar-refractivity contribution in [2.24, 2.45) is 0 Å². The second-order valence-electron chi connectivity index (χ2n) is 24.1. The minimum absolute atomic E-state index is 0.806. The highest BCUT2D eigenvalue weighted by Gasteiger charge is 2.20. The molecule has 4 nitrogen and oxygen atoms in total.